The van der Waals surface area contributed by atoms with Crippen molar-refractivity contribution >= 4 is 17.8 Å². The molecule has 1 saturated heterocycles. The van der Waals surface area contributed by atoms with E-state index < -0.39 is 35.7 Å². The average molecular weight is 421 g/mol. The monoisotopic (exact) mass is 421 g/mol. The van der Waals surface area contributed by atoms with Crippen molar-refractivity contribution < 1.29 is 32.3 Å². The first kappa shape index (κ1) is 21.2. The van der Waals surface area contributed by atoms with Crippen LogP contribution < -0.4 is 15.4 Å². The van der Waals surface area contributed by atoms with E-state index in [2.05, 4.69) is 0 Å². The van der Waals surface area contributed by atoms with E-state index >= 15 is 0 Å². The van der Waals surface area contributed by atoms with Crippen LogP contribution in [0.5, 0.6) is 5.75 Å². The van der Waals surface area contributed by atoms with Crippen LogP contribution in [0.25, 0.3) is 0 Å². The summed E-state index contributed by atoms with van der Waals surface area (Å²) < 4.78 is 47.0. The highest BCUT2D eigenvalue weighted by molar-refractivity contribution is 6.10. The van der Waals surface area contributed by atoms with Gasteiger partial charge in [-0.05, 0) is 30.7 Å². The van der Waals surface area contributed by atoms with Gasteiger partial charge in [-0.1, -0.05) is 36.4 Å². The summed E-state index contributed by atoms with van der Waals surface area (Å²) >= 11 is 0. The number of ether oxygens (including phenoxy) is 1. The molecule has 0 radical (unpaired) electrons. The molecule has 0 bridgehead atoms. The standard InChI is InChI=1S/C20H18F3N3O4/c1-12(13-7-4-3-5-8-13)26-17(28)19(20(21,22)23,25-18(26)29)24-16(27)14-9-6-10-15(11-14)30-2/h3-12H,1-2H3,(H,24,27)(H,25,29)/t12-,19+/m0/s1. The summed E-state index contributed by atoms with van der Waals surface area (Å²) in [5, 5.41) is 3.31. The summed E-state index contributed by atoms with van der Waals surface area (Å²) in [5.74, 6) is -2.58. The molecule has 0 aromatic heterocycles. The number of nitrogens with one attached hydrogen (secondary N) is 2. The van der Waals surface area contributed by atoms with Crippen molar-refractivity contribution in [3.05, 3.63) is 65.7 Å². The zero-order valence-electron chi connectivity index (χ0n) is 16.0. The average Bonchev–Trinajstić information content (AvgIpc) is 2.98. The highest BCUT2D eigenvalue weighted by atomic mass is 19.4. The fraction of sp³-hybridized carbons (Fsp3) is 0.250. The van der Waals surface area contributed by atoms with Gasteiger partial charge in [0.2, 0.25) is 0 Å². The Hall–Kier alpha value is -3.56. The number of urea groups is 1. The van der Waals surface area contributed by atoms with Crippen molar-refractivity contribution in [2.45, 2.75) is 24.8 Å². The van der Waals surface area contributed by atoms with Crippen molar-refractivity contribution in [3.63, 3.8) is 0 Å². The number of nitrogens with zero attached hydrogens (tertiary/aromatic N) is 1. The Morgan fingerprint density at radius 1 is 1.13 bits per heavy atom. The molecule has 0 aliphatic carbocycles. The predicted octanol–water partition coefficient (Wildman–Crippen LogP) is 3.00. The number of halogens is 3. The summed E-state index contributed by atoms with van der Waals surface area (Å²) in [5.41, 5.74) is -3.31. The van der Waals surface area contributed by atoms with Crippen molar-refractivity contribution in [2.24, 2.45) is 0 Å². The van der Waals surface area contributed by atoms with Crippen LogP contribution in [-0.4, -0.2) is 41.7 Å². The quantitative estimate of drug-likeness (QED) is 0.727. The number of hydrogen-bond donors (Lipinski definition) is 2. The van der Waals surface area contributed by atoms with E-state index in [1.807, 2.05) is 0 Å². The van der Waals surface area contributed by atoms with Crippen LogP contribution in [0.4, 0.5) is 18.0 Å². The summed E-state index contributed by atoms with van der Waals surface area (Å²) in [6, 6.07) is 11.2. The van der Waals surface area contributed by atoms with E-state index in [9.17, 15) is 27.6 Å². The molecule has 3 rings (SSSR count). The van der Waals surface area contributed by atoms with Crippen LogP contribution in [0.2, 0.25) is 0 Å². The number of carbonyl (C=O) groups excluding carboxylic acids is 3. The Morgan fingerprint density at radius 3 is 2.40 bits per heavy atom. The molecule has 2 aromatic carbocycles. The van der Waals surface area contributed by atoms with Crippen LogP contribution >= 0.6 is 0 Å². The maximum absolute atomic E-state index is 14.0. The molecule has 0 saturated carbocycles. The number of hydrogen-bond acceptors (Lipinski definition) is 4. The van der Waals surface area contributed by atoms with Gasteiger partial charge >= 0.3 is 12.2 Å². The molecule has 1 aliphatic rings. The van der Waals surface area contributed by atoms with Crippen molar-refractivity contribution in [3.8, 4) is 5.75 Å². The molecular formula is C20H18F3N3O4. The van der Waals surface area contributed by atoms with Gasteiger partial charge in [-0.2, -0.15) is 13.2 Å². The molecule has 2 atom stereocenters. The molecule has 4 amide bonds. The van der Waals surface area contributed by atoms with Gasteiger partial charge < -0.3 is 10.1 Å². The lowest BCUT2D eigenvalue weighted by Gasteiger charge is -2.30. The molecule has 2 N–H and O–H groups in total. The molecule has 0 unspecified atom stereocenters. The Bertz CT molecular complexity index is 981. The van der Waals surface area contributed by atoms with Crippen LogP contribution in [0.3, 0.4) is 0 Å². The highest BCUT2D eigenvalue weighted by Gasteiger charge is 2.69. The lowest BCUT2D eigenvalue weighted by Crippen LogP contribution is -2.69. The minimum absolute atomic E-state index is 0.172. The lowest BCUT2D eigenvalue weighted by molar-refractivity contribution is -0.200. The maximum atomic E-state index is 14.0. The molecule has 1 heterocycles. The Morgan fingerprint density at radius 2 is 1.80 bits per heavy atom. The summed E-state index contributed by atoms with van der Waals surface area (Å²) in [6.07, 6.45) is -5.29. The zero-order valence-corrected chi connectivity index (χ0v) is 16.0. The summed E-state index contributed by atoms with van der Waals surface area (Å²) in [6.45, 7) is 1.42. The van der Waals surface area contributed by atoms with Gasteiger partial charge in [0.25, 0.3) is 17.5 Å². The minimum atomic E-state index is -5.29. The van der Waals surface area contributed by atoms with Crippen molar-refractivity contribution in [1.29, 1.82) is 0 Å². The number of amides is 4. The van der Waals surface area contributed by atoms with Gasteiger partial charge in [-0.15, -0.1) is 0 Å². The first-order valence-electron chi connectivity index (χ1n) is 8.85. The number of rotatable bonds is 5. The second kappa shape index (κ2) is 7.69. The SMILES string of the molecule is COc1cccc(C(=O)N[C@@]2(C(F)(F)F)NC(=O)N([C@@H](C)c3ccccc3)C2=O)c1. The van der Waals surface area contributed by atoms with Gasteiger partial charge in [0.15, 0.2) is 0 Å². The third-order valence-corrected chi connectivity index (χ3v) is 4.78. The Balaban J connectivity index is 1.96. The van der Waals surface area contributed by atoms with E-state index in [-0.39, 0.29) is 11.3 Å². The number of methoxy groups -OCH3 is 1. The predicted molar refractivity (Wildman–Crippen MR) is 99.5 cm³/mol. The van der Waals surface area contributed by atoms with E-state index in [0.29, 0.717) is 10.5 Å². The van der Waals surface area contributed by atoms with Crippen LogP contribution in [0.1, 0.15) is 28.9 Å². The van der Waals surface area contributed by atoms with Gasteiger partial charge in [0.05, 0.1) is 13.2 Å². The third kappa shape index (κ3) is 3.56. The first-order valence-corrected chi connectivity index (χ1v) is 8.85. The smallest absolute Gasteiger partial charge is 0.440 e. The molecular weight excluding hydrogens is 403 g/mol. The molecule has 7 nitrogen and oxygen atoms in total. The van der Waals surface area contributed by atoms with E-state index in [4.69, 9.17) is 4.74 Å². The Kier molecular flexibility index (Phi) is 5.43. The maximum Gasteiger partial charge on any atom is 0.440 e. The van der Waals surface area contributed by atoms with Crippen molar-refractivity contribution in [2.75, 3.05) is 7.11 Å². The fourth-order valence-corrected chi connectivity index (χ4v) is 3.13. The van der Waals surface area contributed by atoms with Crippen molar-refractivity contribution in [1.82, 2.24) is 15.5 Å². The Labute approximate surface area is 169 Å². The minimum Gasteiger partial charge on any atom is -0.497 e. The topological polar surface area (TPSA) is 87.7 Å². The molecule has 10 heteroatoms. The molecule has 0 spiro atoms. The number of imide groups is 1. The first-order chi connectivity index (χ1) is 14.1. The van der Waals surface area contributed by atoms with Gasteiger partial charge in [0, 0.05) is 5.56 Å². The van der Waals surface area contributed by atoms with Gasteiger partial charge in [-0.25, -0.2) is 4.79 Å². The second-order valence-corrected chi connectivity index (χ2v) is 6.63. The van der Waals surface area contributed by atoms with Crippen LogP contribution in [0, 0.1) is 0 Å². The van der Waals surface area contributed by atoms with E-state index in [1.165, 1.54) is 38.3 Å². The van der Waals surface area contributed by atoms with Crippen LogP contribution in [0.15, 0.2) is 54.6 Å². The van der Waals surface area contributed by atoms with Crippen LogP contribution in [-0.2, 0) is 4.79 Å². The highest BCUT2D eigenvalue weighted by Crippen LogP contribution is 2.37. The molecule has 1 aliphatic heterocycles. The molecule has 158 valence electrons. The normalized spacial score (nSPS) is 20.0. The lowest BCUT2D eigenvalue weighted by atomic mass is 10.0. The van der Waals surface area contributed by atoms with Gasteiger partial charge in [-0.3, -0.25) is 19.8 Å². The van der Waals surface area contributed by atoms with Gasteiger partial charge in [0.1, 0.15) is 5.75 Å². The van der Waals surface area contributed by atoms with E-state index in [1.54, 1.807) is 41.0 Å². The zero-order chi connectivity index (χ0) is 22.1. The number of alkyl halides is 3. The molecule has 30 heavy (non-hydrogen) atoms. The summed E-state index contributed by atoms with van der Waals surface area (Å²) in [4.78, 5) is 38.3. The third-order valence-electron chi connectivity index (χ3n) is 4.78. The fourth-order valence-electron chi connectivity index (χ4n) is 3.13. The largest absolute Gasteiger partial charge is 0.497 e. The van der Waals surface area contributed by atoms with E-state index in [0.717, 1.165) is 0 Å². The number of carbonyl (C=O) groups is 3. The number of benzene rings is 2. The molecule has 1 fully saturated rings. The second-order valence-electron chi connectivity index (χ2n) is 6.63. The molecule has 2 aromatic rings. The summed E-state index contributed by atoms with van der Waals surface area (Å²) in [7, 11) is 1.33.